The lowest BCUT2D eigenvalue weighted by Crippen LogP contribution is -2.40. The van der Waals surface area contributed by atoms with Crippen molar-refractivity contribution in [3.63, 3.8) is 0 Å². The number of benzene rings is 3. The van der Waals surface area contributed by atoms with E-state index in [9.17, 15) is 9.59 Å². The van der Waals surface area contributed by atoms with Crippen molar-refractivity contribution in [2.45, 2.75) is 58.4 Å². The third-order valence-corrected chi connectivity index (χ3v) is 7.29. The van der Waals surface area contributed by atoms with Gasteiger partial charge in [0, 0.05) is 11.6 Å². The zero-order valence-electron chi connectivity index (χ0n) is 22.9. The minimum Gasteiger partial charge on any atom is -0.497 e. The first-order valence-electron chi connectivity index (χ1n) is 13.7. The van der Waals surface area contributed by atoms with Crippen molar-refractivity contribution in [1.29, 1.82) is 0 Å². The van der Waals surface area contributed by atoms with E-state index in [0.29, 0.717) is 40.4 Å². The van der Waals surface area contributed by atoms with Gasteiger partial charge in [0.2, 0.25) is 5.91 Å². The summed E-state index contributed by atoms with van der Waals surface area (Å²) in [6.45, 7) is 4.81. The van der Waals surface area contributed by atoms with Crippen molar-refractivity contribution in [2.75, 3.05) is 13.7 Å². The number of para-hydroxylation sites is 1. The van der Waals surface area contributed by atoms with E-state index in [1.54, 1.807) is 29.9 Å². The number of methoxy groups -OCH3 is 1. The van der Waals surface area contributed by atoms with E-state index in [1.807, 2.05) is 66.4 Å². The molecule has 0 fully saturated rings. The molecule has 1 atom stereocenters. The molecule has 1 unspecified atom stereocenters. The summed E-state index contributed by atoms with van der Waals surface area (Å²) in [5.41, 5.74) is 2.04. The van der Waals surface area contributed by atoms with Gasteiger partial charge in [0.05, 0.1) is 36.2 Å². The molecule has 3 aromatic carbocycles. The molecule has 0 aliphatic rings. The van der Waals surface area contributed by atoms with Gasteiger partial charge in [0.15, 0.2) is 0 Å². The van der Waals surface area contributed by atoms with E-state index in [0.717, 1.165) is 37.0 Å². The molecule has 39 heavy (non-hydrogen) atoms. The Morgan fingerprint density at radius 1 is 0.974 bits per heavy atom. The van der Waals surface area contributed by atoms with Crippen LogP contribution in [-0.2, 0) is 11.2 Å². The maximum absolute atomic E-state index is 13.9. The molecule has 1 amide bonds. The molecule has 0 bridgehead atoms. The number of rotatable bonds is 12. The fourth-order valence-corrected chi connectivity index (χ4v) is 5.06. The Kier molecular flexibility index (Phi) is 9.77. The Morgan fingerprint density at radius 2 is 1.69 bits per heavy atom. The number of amides is 1. The summed E-state index contributed by atoms with van der Waals surface area (Å²) >= 11 is 6.17. The molecule has 0 N–H and O–H groups in total. The Bertz CT molecular complexity index is 1450. The predicted octanol–water partition coefficient (Wildman–Crippen LogP) is 7.15. The van der Waals surface area contributed by atoms with Gasteiger partial charge in [-0.2, -0.15) is 0 Å². The third-order valence-electron chi connectivity index (χ3n) is 7.03. The molecule has 4 rings (SSSR count). The minimum atomic E-state index is -0.384. The fraction of sp³-hybridized carbons (Fsp3) is 0.344. The van der Waals surface area contributed by atoms with Crippen molar-refractivity contribution in [2.24, 2.45) is 0 Å². The van der Waals surface area contributed by atoms with Gasteiger partial charge < -0.3 is 9.64 Å². The van der Waals surface area contributed by atoms with Crippen molar-refractivity contribution in [1.82, 2.24) is 14.5 Å². The Labute approximate surface area is 235 Å². The Balaban J connectivity index is 1.80. The van der Waals surface area contributed by atoms with Gasteiger partial charge in [0.1, 0.15) is 11.6 Å². The molecular weight excluding hydrogens is 510 g/mol. The molecule has 0 spiro atoms. The SMILES string of the molecule is CCCCCCN(C(=O)Cc1ccc(OC)cc1)C(CC)c1nc2ccccc2c(=O)n1-c1ccc(Cl)cc1. The predicted molar refractivity (Wildman–Crippen MR) is 158 cm³/mol. The number of nitrogens with zero attached hydrogens (tertiary/aromatic N) is 3. The summed E-state index contributed by atoms with van der Waals surface area (Å²) < 4.78 is 6.92. The van der Waals surface area contributed by atoms with Gasteiger partial charge in [0.25, 0.3) is 5.56 Å². The molecule has 0 aliphatic heterocycles. The molecule has 0 saturated heterocycles. The maximum Gasteiger partial charge on any atom is 0.266 e. The number of fused-ring (bicyclic) bond motifs is 1. The van der Waals surface area contributed by atoms with Crippen LogP contribution in [0, 0.1) is 0 Å². The zero-order chi connectivity index (χ0) is 27.8. The topological polar surface area (TPSA) is 64.4 Å². The van der Waals surface area contributed by atoms with E-state index in [1.165, 1.54) is 0 Å². The van der Waals surface area contributed by atoms with Crippen LogP contribution >= 0.6 is 11.6 Å². The van der Waals surface area contributed by atoms with E-state index in [2.05, 4.69) is 6.92 Å². The van der Waals surface area contributed by atoms with Crippen LogP contribution in [0.25, 0.3) is 16.6 Å². The number of hydrogen-bond acceptors (Lipinski definition) is 4. The summed E-state index contributed by atoms with van der Waals surface area (Å²) in [5.74, 6) is 1.32. The average Bonchev–Trinajstić information content (AvgIpc) is 2.96. The highest BCUT2D eigenvalue weighted by molar-refractivity contribution is 6.30. The lowest BCUT2D eigenvalue weighted by Gasteiger charge is -2.32. The quantitative estimate of drug-likeness (QED) is 0.177. The Hall–Kier alpha value is -3.64. The second-order valence-corrected chi connectivity index (χ2v) is 10.1. The summed E-state index contributed by atoms with van der Waals surface area (Å²) in [7, 11) is 1.63. The van der Waals surface area contributed by atoms with Crippen molar-refractivity contribution in [3.05, 3.63) is 99.6 Å². The lowest BCUT2D eigenvalue weighted by atomic mass is 10.1. The number of hydrogen-bond donors (Lipinski definition) is 0. The van der Waals surface area contributed by atoms with E-state index in [-0.39, 0.29) is 23.9 Å². The molecular formula is C32H36ClN3O3. The molecule has 0 radical (unpaired) electrons. The largest absolute Gasteiger partial charge is 0.497 e. The highest BCUT2D eigenvalue weighted by atomic mass is 35.5. The van der Waals surface area contributed by atoms with E-state index >= 15 is 0 Å². The first-order chi connectivity index (χ1) is 19.0. The van der Waals surface area contributed by atoms with Crippen molar-refractivity contribution < 1.29 is 9.53 Å². The fourth-order valence-electron chi connectivity index (χ4n) is 4.94. The molecule has 1 heterocycles. The zero-order valence-corrected chi connectivity index (χ0v) is 23.7. The summed E-state index contributed by atoms with van der Waals surface area (Å²) in [6.07, 6.45) is 5.01. The van der Waals surface area contributed by atoms with Crippen molar-refractivity contribution in [3.8, 4) is 11.4 Å². The third kappa shape index (κ3) is 6.69. The van der Waals surface area contributed by atoms with Crippen LogP contribution in [-0.4, -0.2) is 34.0 Å². The molecule has 204 valence electrons. The van der Waals surface area contributed by atoms with Crippen LogP contribution in [0.3, 0.4) is 0 Å². The van der Waals surface area contributed by atoms with E-state index < -0.39 is 0 Å². The first-order valence-corrected chi connectivity index (χ1v) is 14.0. The maximum atomic E-state index is 13.9. The number of carbonyl (C=O) groups excluding carboxylic acids is 1. The van der Waals surface area contributed by atoms with Crippen molar-refractivity contribution >= 4 is 28.4 Å². The van der Waals surface area contributed by atoms with Crippen LogP contribution in [0.1, 0.15) is 63.4 Å². The second kappa shape index (κ2) is 13.4. The minimum absolute atomic E-state index is 0.00794. The first kappa shape index (κ1) is 28.4. The number of halogens is 1. The molecule has 0 saturated carbocycles. The summed E-state index contributed by atoms with van der Waals surface area (Å²) in [6, 6.07) is 21.7. The average molecular weight is 546 g/mol. The monoisotopic (exact) mass is 545 g/mol. The summed E-state index contributed by atoms with van der Waals surface area (Å²) in [5, 5.41) is 1.12. The molecule has 4 aromatic rings. The van der Waals surface area contributed by atoms with Crippen LogP contribution in [0.15, 0.2) is 77.6 Å². The van der Waals surface area contributed by atoms with Crippen LogP contribution in [0.4, 0.5) is 0 Å². The molecule has 6 nitrogen and oxygen atoms in total. The van der Waals surface area contributed by atoms with Crippen LogP contribution in [0.2, 0.25) is 5.02 Å². The number of unbranched alkanes of at least 4 members (excludes halogenated alkanes) is 3. The van der Waals surface area contributed by atoms with Gasteiger partial charge in [-0.25, -0.2) is 4.98 Å². The van der Waals surface area contributed by atoms with Crippen LogP contribution in [0.5, 0.6) is 5.75 Å². The van der Waals surface area contributed by atoms with Gasteiger partial charge in [-0.15, -0.1) is 0 Å². The lowest BCUT2D eigenvalue weighted by molar-refractivity contribution is -0.133. The highest BCUT2D eigenvalue weighted by Gasteiger charge is 2.29. The van der Waals surface area contributed by atoms with Crippen LogP contribution < -0.4 is 10.3 Å². The second-order valence-electron chi connectivity index (χ2n) is 9.70. The Morgan fingerprint density at radius 3 is 2.36 bits per heavy atom. The molecule has 0 aliphatic carbocycles. The van der Waals surface area contributed by atoms with Gasteiger partial charge in [-0.1, -0.05) is 69.0 Å². The smallest absolute Gasteiger partial charge is 0.266 e. The molecule has 1 aromatic heterocycles. The normalized spacial score (nSPS) is 11.9. The number of carbonyl (C=O) groups is 1. The summed E-state index contributed by atoms with van der Waals surface area (Å²) in [4.78, 5) is 34.7. The van der Waals surface area contributed by atoms with Gasteiger partial charge in [-0.3, -0.25) is 14.2 Å². The van der Waals surface area contributed by atoms with Gasteiger partial charge in [-0.05, 0) is 66.9 Å². The highest BCUT2D eigenvalue weighted by Crippen LogP contribution is 2.28. The van der Waals surface area contributed by atoms with E-state index in [4.69, 9.17) is 21.3 Å². The van der Waals surface area contributed by atoms with Gasteiger partial charge >= 0.3 is 0 Å². The molecule has 7 heteroatoms. The standard InChI is InChI=1S/C32H36ClN3O3/c1-4-6-7-10-21-35(30(37)22-23-13-19-26(39-3)20-14-23)29(5-2)31-34-28-12-9-8-11-27(28)32(38)36(31)25-17-15-24(33)16-18-25/h8-9,11-20,29H,4-7,10,21-22H2,1-3H3. The number of ether oxygens (including phenoxy) is 1. The number of aromatic nitrogens is 2.